The van der Waals surface area contributed by atoms with E-state index in [1.54, 1.807) is 0 Å². The van der Waals surface area contributed by atoms with Crippen LogP contribution in [0.1, 0.15) is 12.8 Å². The van der Waals surface area contributed by atoms with Gasteiger partial charge >= 0.3 is 0 Å². The number of hydrogen-bond donors (Lipinski definition) is 0. The zero-order valence-electron chi connectivity index (χ0n) is 5.57. The predicted molar refractivity (Wildman–Crippen MR) is 44.9 cm³/mol. The SMILES string of the molecule is BrN1C=CC=NC1C1CC1. The smallest absolute Gasteiger partial charge is 0.133 e. The molecule has 0 radical (unpaired) electrons. The van der Waals surface area contributed by atoms with E-state index in [1.165, 1.54) is 12.8 Å². The molecule has 0 aromatic rings. The Balaban J connectivity index is 2.06. The van der Waals surface area contributed by atoms with Crippen LogP contribution in [0.5, 0.6) is 0 Å². The van der Waals surface area contributed by atoms with E-state index in [9.17, 15) is 0 Å². The van der Waals surface area contributed by atoms with Crippen molar-refractivity contribution in [1.82, 2.24) is 3.93 Å². The quantitative estimate of drug-likeness (QED) is 0.592. The molecule has 1 atom stereocenters. The molecule has 1 heterocycles. The lowest BCUT2D eigenvalue weighted by Gasteiger charge is -2.22. The van der Waals surface area contributed by atoms with Gasteiger partial charge in [-0.05, 0) is 18.9 Å². The largest absolute Gasteiger partial charge is 0.292 e. The van der Waals surface area contributed by atoms with Crippen LogP contribution in [0.15, 0.2) is 17.3 Å². The molecule has 0 N–H and O–H groups in total. The molecule has 0 saturated heterocycles. The normalized spacial score (nSPS) is 31.3. The number of allylic oxidation sites excluding steroid dienone is 1. The number of nitrogens with zero attached hydrogens (tertiary/aromatic N) is 2. The molecule has 1 aliphatic carbocycles. The first-order chi connectivity index (χ1) is 4.88. The van der Waals surface area contributed by atoms with Crippen LogP contribution in [-0.2, 0) is 0 Å². The van der Waals surface area contributed by atoms with Gasteiger partial charge in [-0.3, -0.25) is 8.92 Å². The lowest BCUT2D eigenvalue weighted by atomic mass is 10.3. The van der Waals surface area contributed by atoms with Crippen molar-refractivity contribution in [2.45, 2.75) is 19.0 Å². The third-order valence-electron chi connectivity index (χ3n) is 1.85. The van der Waals surface area contributed by atoms with Crippen molar-refractivity contribution < 1.29 is 0 Å². The first-order valence-electron chi connectivity index (χ1n) is 3.52. The second-order valence-corrected chi connectivity index (χ2v) is 3.55. The minimum absolute atomic E-state index is 0.366. The van der Waals surface area contributed by atoms with Gasteiger partial charge in [0.25, 0.3) is 0 Å². The molecule has 2 nitrogen and oxygen atoms in total. The molecule has 2 rings (SSSR count). The summed E-state index contributed by atoms with van der Waals surface area (Å²) in [5.41, 5.74) is 0. The van der Waals surface area contributed by atoms with Crippen molar-refractivity contribution in [1.29, 1.82) is 0 Å². The fraction of sp³-hybridized carbons (Fsp3) is 0.571. The van der Waals surface area contributed by atoms with E-state index in [-0.39, 0.29) is 0 Å². The molecule has 0 aromatic heterocycles. The summed E-state index contributed by atoms with van der Waals surface area (Å²) in [7, 11) is 0. The summed E-state index contributed by atoms with van der Waals surface area (Å²) in [5.74, 6) is 0.792. The Kier molecular flexibility index (Phi) is 1.52. The fourth-order valence-corrected chi connectivity index (χ4v) is 1.70. The Morgan fingerprint density at radius 1 is 1.50 bits per heavy atom. The summed E-state index contributed by atoms with van der Waals surface area (Å²) in [5, 5.41) is 0. The molecule has 1 saturated carbocycles. The number of halogens is 1. The summed E-state index contributed by atoms with van der Waals surface area (Å²) in [6, 6.07) is 0. The van der Waals surface area contributed by atoms with E-state index in [0.717, 1.165) is 5.92 Å². The highest BCUT2D eigenvalue weighted by atomic mass is 79.9. The van der Waals surface area contributed by atoms with Gasteiger partial charge < -0.3 is 0 Å². The van der Waals surface area contributed by atoms with Gasteiger partial charge in [0.05, 0.1) is 16.1 Å². The third-order valence-corrected chi connectivity index (χ3v) is 2.51. The minimum Gasteiger partial charge on any atom is -0.292 e. The lowest BCUT2D eigenvalue weighted by Crippen LogP contribution is -2.24. The molecule has 10 heavy (non-hydrogen) atoms. The van der Waals surface area contributed by atoms with Gasteiger partial charge in [0, 0.05) is 18.3 Å². The van der Waals surface area contributed by atoms with Crippen molar-refractivity contribution >= 4 is 22.4 Å². The number of rotatable bonds is 1. The summed E-state index contributed by atoms with van der Waals surface area (Å²) < 4.78 is 2.00. The van der Waals surface area contributed by atoms with Gasteiger partial charge in [0.1, 0.15) is 6.17 Å². The lowest BCUT2D eigenvalue weighted by molar-refractivity contribution is 0.418. The van der Waals surface area contributed by atoms with Crippen molar-refractivity contribution in [3.8, 4) is 0 Å². The maximum absolute atomic E-state index is 4.34. The Bertz CT molecular complexity index is 184. The van der Waals surface area contributed by atoms with Crippen LogP contribution < -0.4 is 0 Å². The molecule has 54 valence electrons. The van der Waals surface area contributed by atoms with E-state index in [1.807, 2.05) is 22.4 Å². The number of aliphatic imine (C=N–C) groups is 1. The fourth-order valence-electron chi connectivity index (χ4n) is 1.13. The van der Waals surface area contributed by atoms with Crippen molar-refractivity contribution in [2.75, 3.05) is 0 Å². The average Bonchev–Trinajstić information content (AvgIpc) is 2.71. The van der Waals surface area contributed by atoms with E-state index < -0.39 is 0 Å². The highest BCUT2D eigenvalue weighted by Gasteiger charge is 2.33. The second kappa shape index (κ2) is 2.38. The second-order valence-electron chi connectivity index (χ2n) is 2.73. The molecule has 0 spiro atoms. The Morgan fingerprint density at radius 3 is 2.90 bits per heavy atom. The Morgan fingerprint density at radius 2 is 2.30 bits per heavy atom. The summed E-state index contributed by atoms with van der Waals surface area (Å²) in [4.78, 5) is 4.34. The zero-order chi connectivity index (χ0) is 6.97. The monoisotopic (exact) mass is 200 g/mol. The van der Waals surface area contributed by atoms with Crippen LogP contribution in [0.4, 0.5) is 0 Å². The summed E-state index contributed by atoms with van der Waals surface area (Å²) >= 11 is 3.43. The highest BCUT2D eigenvalue weighted by Crippen LogP contribution is 2.37. The minimum atomic E-state index is 0.366. The van der Waals surface area contributed by atoms with Gasteiger partial charge in [0.15, 0.2) is 0 Å². The van der Waals surface area contributed by atoms with E-state index in [2.05, 4.69) is 21.1 Å². The Labute approximate surface area is 69.0 Å². The van der Waals surface area contributed by atoms with Crippen molar-refractivity contribution in [3.05, 3.63) is 12.3 Å². The molecular weight excluding hydrogens is 192 g/mol. The standard InChI is InChI=1S/C7H9BrN2/c8-10-5-1-4-9-7(10)6-2-3-6/h1,4-7H,2-3H2. The van der Waals surface area contributed by atoms with Gasteiger partial charge in [-0.2, -0.15) is 0 Å². The molecule has 2 aliphatic rings. The van der Waals surface area contributed by atoms with Crippen LogP contribution >= 0.6 is 16.1 Å². The van der Waals surface area contributed by atoms with E-state index in [4.69, 9.17) is 0 Å². The predicted octanol–water partition coefficient (Wildman–Crippen LogP) is 1.93. The van der Waals surface area contributed by atoms with Crippen LogP contribution in [0.25, 0.3) is 0 Å². The summed E-state index contributed by atoms with van der Waals surface area (Å²) in [6.45, 7) is 0. The van der Waals surface area contributed by atoms with Crippen LogP contribution in [-0.4, -0.2) is 16.3 Å². The van der Waals surface area contributed by atoms with E-state index >= 15 is 0 Å². The van der Waals surface area contributed by atoms with Crippen molar-refractivity contribution in [3.63, 3.8) is 0 Å². The molecule has 1 fully saturated rings. The van der Waals surface area contributed by atoms with Gasteiger partial charge in [-0.25, -0.2) is 0 Å². The molecule has 0 bridgehead atoms. The number of hydrogen-bond acceptors (Lipinski definition) is 2. The van der Waals surface area contributed by atoms with Gasteiger partial charge in [-0.15, -0.1) is 0 Å². The molecule has 0 amide bonds. The highest BCUT2D eigenvalue weighted by molar-refractivity contribution is 9.07. The average molecular weight is 201 g/mol. The Hall–Kier alpha value is -0.310. The molecule has 0 aromatic carbocycles. The first-order valence-corrected chi connectivity index (χ1v) is 4.23. The molecule has 1 aliphatic heterocycles. The maximum atomic E-state index is 4.34. The maximum Gasteiger partial charge on any atom is 0.133 e. The van der Waals surface area contributed by atoms with E-state index in [0.29, 0.717) is 6.17 Å². The third kappa shape index (κ3) is 1.10. The van der Waals surface area contributed by atoms with Crippen LogP contribution in [0.2, 0.25) is 0 Å². The van der Waals surface area contributed by atoms with Crippen molar-refractivity contribution in [2.24, 2.45) is 10.9 Å². The first kappa shape index (κ1) is 6.40. The van der Waals surface area contributed by atoms with Gasteiger partial charge in [0.2, 0.25) is 0 Å². The van der Waals surface area contributed by atoms with Gasteiger partial charge in [-0.1, -0.05) is 0 Å². The molecule has 3 heteroatoms. The topological polar surface area (TPSA) is 15.6 Å². The zero-order valence-corrected chi connectivity index (χ0v) is 7.16. The van der Waals surface area contributed by atoms with Crippen LogP contribution in [0, 0.1) is 5.92 Å². The molecular formula is C7H9BrN2. The summed E-state index contributed by atoms with van der Waals surface area (Å²) in [6.07, 6.45) is 8.85. The van der Waals surface area contributed by atoms with Crippen LogP contribution in [0.3, 0.4) is 0 Å². The molecule has 1 unspecified atom stereocenters.